The van der Waals surface area contributed by atoms with E-state index in [1.807, 2.05) is 36.4 Å². The molecule has 1 amide bonds. The highest BCUT2D eigenvalue weighted by Crippen LogP contribution is 2.37. The van der Waals surface area contributed by atoms with Crippen molar-refractivity contribution >= 4 is 21.7 Å². The van der Waals surface area contributed by atoms with Gasteiger partial charge in [0.2, 0.25) is 15.9 Å². The second-order valence-corrected chi connectivity index (χ2v) is 12.5. The number of fused-ring (bicyclic) bond motifs is 1. The summed E-state index contributed by atoms with van der Waals surface area (Å²) in [7, 11) is -3.95. The van der Waals surface area contributed by atoms with Gasteiger partial charge in [0, 0.05) is 25.1 Å². The summed E-state index contributed by atoms with van der Waals surface area (Å²) in [5.41, 5.74) is 2.87. The molecule has 0 aliphatic carbocycles. The number of aromatic nitrogens is 2. The molecule has 3 aromatic rings. The van der Waals surface area contributed by atoms with Gasteiger partial charge in [0.15, 0.2) is 5.78 Å². The molecular formula is C29H32N4O5S. The molecule has 2 aromatic heterocycles. The van der Waals surface area contributed by atoms with Gasteiger partial charge in [-0.1, -0.05) is 38.1 Å². The van der Waals surface area contributed by atoms with Crippen LogP contribution in [0.3, 0.4) is 0 Å². The van der Waals surface area contributed by atoms with Crippen molar-refractivity contribution in [1.29, 1.82) is 0 Å². The molecule has 4 heterocycles. The second-order valence-electron chi connectivity index (χ2n) is 10.6. The highest BCUT2D eigenvalue weighted by Gasteiger charge is 2.54. The summed E-state index contributed by atoms with van der Waals surface area (Å²) in [6, 6.07) is 13.2. The Labute approximate surface area is 228 Å². The largest absolute Gasteiger partial charge is 0.506 e. The topological polar surface area (TPSA) is 121 Å². The number of hydrogen-bond donors (Lipinski definition) is 1. The molecule has 2 saturated heterocycles. The van der Waals surface area contributed by atoms with Crippen molar-refractivity contribution in [2.24, 2.45) is 5.92 Å². The van der Waals surface area contributed by atoms with Crippen molar-refractivity contribution in [3.63, 3.8) is 0 Å². The number of ketones is 1. The highest BCUT2D eigenvalue weighted by molar-refractivity contribution is 7.88. The molecule has 0 spiro atoms. The van der Waals surface area contributed by atoms with Crippen LogP contribution < -0.4 is 0 Å². The number of carbonyl (C=O) groups excluding carboxylic acids is 2. The summed E-state index contributed by atoms with van der Waals surface area (Å²) < 4.78 is 27.8. The van der Waals surface area contributed by atoms with Crippen LogP contribution >= 0.6 is 0 Å². The maximum atomic E-state index is 14.1. The van der Waals surface area contributed by atoms with Crippen LogP contribution in [-0.4, -0.2) is 69.6 Å². The van der Waals surface area contributed by atoms with E-state index < -0.39 is 33.8 Å². The number of rotatable bonds is 8. The number of carbonyl (C=O) groups is 2. The molecule has 1 N–H and O–H groups in total. The Hall–Kier alpha value is -3.63. The Bertz CT molecular complexity index is 1480. The van der Waals surface area contributed by atoms with E-state index in [0.29, 0.717) is 19.4 Å². The molecule has 0 bridgehead atoms. The van der Waals surface area contributed by atoms with Crippen molar-refractivity contribution < 1.29 is 23.1 Å². The van der Waals surface area contributed by atoms with Gasteiger partial charge in [-0.3, -0.25) is 19.6 Å². The first-order valence-electron chi connectivity index (χ1n) is 13.1. The van der Waals surface area contributed by atoms with E-state index in [0.717, 1.165) is 16.7 Å². The number of hydrogen-bond acceptors (Lipinski definition) is 7. The Balaban J connectivity index is 1.40. The van der Waals surface area contributed by atoms with Crippen molar-refractivity contribution in [1.82, 2.24) is 19.2 Å². The van der Waals surface area contributed by atoms with Gasteiger partial charge >= 0.3 is 0 Å². The van der Waals surface area contributed by atoms with Crippen molar-refractivity contribution in [3.8, 4) is 16.9 Å². The van der Waals surface area contributed by atoms with Crippen molar-refractivity contribution in [2.75, 3.05) is 13.1 Å². The Morgan fingerprint density at radius 1 is 1.08 bits per heavy atom. The van der Waals surface area contributed by atoms with Crippen molar-refractivity contribution in [3.05, 3.63) is 78.4 Å². The first kappa shape index (κ1) is 27.0. The number of nitrogens with zero attached hydrogens (tertiary/aromatic N) is 4. The molecular weight excluding hydrogens is 516 g/mol. The summed E-state index contributed by atoms with van der Waals surface area (Å²) in [4.78, 5) is 36.9. The van der Waals surface area contributed by atoms with Gasteiger partial charge in [0.25, 0.3) is 0 Å². The molecule has 39 heavy (non-hydrogen) atoms. The highest BCUT2D eigenvalue weighted by atomic mass is 32.2. The fraction of sp³-hybridized carbons (Fsp3) is 0.379. The first-order chi connectivity index (χ1) is 18.7. The van der Waals surface area contributed by atoms with Gasteiger partial charge < -0.3 is 10.0 Å². The molecule has 3 atom stereocenters. The minimum atomic E-state index is -3.95. The fourth-order valence-corrected chi connectivity index (χ4v) is 7.40. The number of benzene rings is 1. The third-order valence-electron chi connectivity index (χ3n) is 7.51. The maximum Gasteiger partial charge on any atom is 0.230 e. The van der Waals surface area contributed by atoms with Gasteiger partial charge in [-0.2, -0.15) is 4.31 Å². The zero-order valence-electron chi connectivity index (χ0n) is 22.0. The van der Waals surface area contributed by atoms with Crippen LogP contribution in [0.5, 0.6) is 5.75 Å². The lowest BCUT2D eigenvalue weighted by Crippen LogP contribution is -2.45. The average molecular weight is 549 g/mol. The molecule has 2 aliphatic rings. The summed E-state index contributed by atoms with van der Waals surface area (Å²) in [5.74, 6) is -1.40. The van der Waals surface area contributed by atoms with Crippen molar-refractivity contribution in [2.45, 2.75) is 50.4 Å². The number of amides is 1. The van der Waals surface area contributed by atoms with Gasteiger partial charge in [0.1, 0.15) is 17.5 Å². The standard InChI is InChI=1S/C29H32N4O5S/c1-19(2)15-23(22-6-3-5-21(16-22)20-8-12-30-13-9-20)29(36)32-14-10-25-28(32)27(35)17-33(25)39(37,38)18-24-26(34)7-4-11-31-24/h3-9,11-13,16,19,23,25,28,34H,10,14-15,17-18H2,1-2H3. The molecule has 2 aliphatic heterocycles. The average Bonchev–Trinajstić information content (AvgIpc) is 3.50. The predicted molar refractivity (Wildman–Crippen MR) is 146 cm³/mol. The van der Waals surface area contributed by atoms with E-state index in [9.17, 15) is 23.1 Å². The van der Waals surface area contributed by atoms with E-state index in [2.05, 4.69) is 23.8 Å². The van der Waals surface area contributed by atoms with Gasteiger partial charge in [-0.15, -0.1) is 0 Å². The van der Waals surface area contributed by atoms with Gasteiger partial charge in [0.05, 0.1) is 24.2 Å². The lowest BCUT2D eigenvalue weighted by atomic mass is 9.87. The smallest absolute Gasteiger partial charge is 0.230 e. The van der Waals surface area contributed by atoms with Crippen LogP contribution in [0.2, 0.25) is 0 Å². The summed E-state index contributed by atoms with van der Waals surface area (Å²) in [6.07, 6.45) is 5.84. The number of aromatic hydroxyl groups is 1. The molecule has 204 valence electrons. The number of likely N-dealkylation sites (tertiary alicyclic amines) is 1. The molecule has 9 nitrogen and oxygen atoms in total. The van der Waals surface area contributed by atoms with Crippen LogP contribution in [-0.2, 0) is 25.4 Å². The number of Topliss-reactive ketones (excluding diaryl/α,β-unsaturated/α-hetero) is 1. The Morgan fingerprint density at radius 3 is 2.56 bits per heavy atom. The molecule has 2 fully saturated rings. The van der Waals surface area contributed by atoms with E-state index in [1.54, 1.807) is 17.3 Å². The second kappa shape index (κ2) is 10.9. The molecule has 0 radical (unpaired) electrons. The van der Waals surface area contributed by atoms with Gasteiger partial charge in [-0.25, -0.2) is 8.42 Å². The summed E-state index contributed by atoms with van der Waals surface area (Å²) in [5, 5.41) is 10.0. The first-order valence-corrected chi connectivity index (χ1v) is 14.7. The van der Waals surface area contributed by atoms with Crippen LogP contribution in [0.25, 0.3) is 11.1 Å². The Morgan fingerprint density at radius 2 is 1.85 bits per heavy atom. The van der Waals surface area contributed by atoms with Crippen LogP contribution in [0.15, 0.2) is 67.1 Å². The monoisotopic (exact) mass is 548 g/mol. The summed E-state index contributed by atoms with van der Waals surface area (Å²) in [6.45, 7) is 4.13. The zero-order chi connectivity index (χ0) is 27.7. The number of sulfonamides is 1. The summed E-state index contributed by atoms with van der Waals surface area (Å²) >= 11 is 0. The molecule has 10 heteroatoms. The fourth-order valence-electron chi connectivity index (χ4n) is 5.71. The number of pyridine rings is 2. The molecule has 1 aromatic carbocycles. The molecule has 3 unspecified atom stereocenters. The Kier molecular flexibility index (Phi) is 7.51. The minimum absolute atomic E-state index is 0.0328. The SMILES string of the molecule is CC(C)CC(C(=O)N1CCC2C1C(=O)CN2S(=O)(=O)Cc1ncccc1O)c1cccc(-c2ccncc2)c1. The van der Waals surface area contributed by atoms with Crippen LogP contribution in [0, 0.1) is 5.92 Å². The van der Waals surface area contributed by atoms with E-state index in [-0.39, 0.29) is 35.6 Å². The maximum absolute atomic E-state index is 14.1. The van der Waals surface area contributed by atoms with E-state index in [1.165, 1.54) is 22.6 Å². The molecule has 0 saturated carbocycles. The lowest BCUT2D eigenvalue weighted by molar-refractivity contribution is -0.138. The predicted octanol–water partition coefficient (Wildman–Crippen LogP) is 3.36. The molecule has 5 rings (SSSR count). The van der Waals surface area contributed by atoms with E-state index in [4.69, 9.17) is 0 Å². The van der Waals surface area contributed by atoms with E-state index >= 15 is 0 Å². The van der Waals surface area contributed by atoms with Gasteiger partial charge in [-0.05, 0) is 59.7 Å². The third-order valence-corrected chi connectivity index (χ3v) is 9.26. The zero-order valence-corrected chi connectivity index (χ0v) is 22.8. The normalized spacial score (nSPS) is 20.4. The quantitative estimate of drug-likeness (QED) is 0.458. The van der Waals surface area contributed by atoms with Crippen LogP contribution in [0.4, 0.5) is 0 Å². The van der Waals surface area contributed by atoms with Crippen LogP contribution in [0.1, 0.15) is 43.9 Å². The minimum Gasteiger partial charge on any atom is -0.506 e. The lowest BCUT2D eigenvalue weighted by Gasteiger charge is -2.29. The third kappa shape index (κ3) is 5.44.